The quantitative estimate of drug-likeness (QED) is 0.473. The van der Waals surface area contributed by atoms with E-state index >= 15 is 0 Å². The van der Waals surface area contributed by atoms with Gasteiger partial charge in [-0.2, -0.15) is 0 Å². The van der Waals surface area contributed by atoms with Crippen LogP contribution in [-0.4, -0.2) is 48.3 Å². The summed E-state index contributed by atoms with van der Waals surface area (Å²) in [6.07, 6.45) is 3.49. The van der Waals surface area contributed by atoms with Gasteiger partial charge in [-0.15, -0.1) is 11.8 Å². The van der Waals surface area contributed by atoms with Crippen molar-refractivity contribution in [1.29, 1.82) is 0 Å². The molecule has 6 heteroatoms. The van der Waals surface area contributed by atoms with E-state index < -0.39 is 0 Å². The molecule has 0 spiro atoms. The Morgan fingerprint density at radius 2 is 2.04 bits per heavy atom. The summed E-state index contributed by atoms with van der Waals surface area (Å²) >= 11 is 1.75. The number of hydrogen-bond donors (Lipinski definition) is 1. The molecule has 0 aromatic heterocycles. The Bertz CT molecular complexity index is 631. The number of rotatable bonds is 11. The van der Waals surface area contributed by atoms with E-state index in [0.717, 1.165) is 29.5 Å². The van der Waals surface area contributed by atoms with Crippen molar-refractivity contribution < 1.29 is 14.4 Å². The molecule has 1 N–H and O–H groups in total. The number of carbonyl (C=O) groups excluding carboxylic acids is 3. The summed E-state index contributed by atoms with van der Waals surface area (Å²) in [4.78, 5) is 37.5. The van der Waals surface area contributed by atoms with E-state index in [1.54, 1.807) is 24.9 Å². The summed E-state index contributed by atoms with van der Waals surface area (Å²) in [5.74, 6) is -0.0838. The molecule has 0 fully saturated rings. The van der Waals surface area contributed by atoms with Gasteiger partial charge in [-0.1, -0.05) is 32.9 Å². The summed E-state index contributed by atoms with van der Waals surface area (Å²) in [5.41, 5.74) is 1.58. The van der Waals surface area contributed by atoms with Crippen LogP contribution in [0.5, 0.6) is 0 Å². The Balaban J connectivity index is 3.03. The third-order valence-corrected chi connectivity index (χ3v) is 6.05. The lowest BCUT2D eigenvalue weighted by Crippen LogP contribution is -2.34. The second kappa shape index (κ2) is 10.5. The van der Waals surface area contributed by atoms with Crippen molar-refractivity contribution in [2.24, 2.45) is 0 Å². The molecular weight excluding hydrogens is 348 g/mol. The van der Waals surface area contributed by atoms with E-state index in [9.17, 15) is 14.4 Å². The third kappa shape index (κ3) is 6.57. The molecule has 144 valence electrons. The molecule has 1 amide bonds. The number of benzene rings is 1. The number of carbonyl (C=O) groups is 3. The standard InChI is InChI=1S/C20H30N2O3S/c1-6-20(2,3)26-18-9-7-8-15(13-23)17(18)12-22(5)16(14-24)10-11-19(25)21-4/h7-9,13-14,16H,6,10-12H2,1-5H3,(H,21,25). The fraction of sp³-hybridized carbons (Fsp3) is 0.550. The summed E-state index contributed by atoms with van der Waals surface area (Å²) < 4.78 is 0.0537. The first-order chi connectivity index (χ1) is 12.3. The van der Waals surface area contributed by atoms with Crippen molar-refractivity contribution in [3.8, 4) is 0 Å². The minimum atomic E-state index is -0.371. The molecule has 0 aliphatic heterocycles. The maximum Gasteiger partial charge on any atom is 0.219 e. The number of hydrogen-bond acceptors (Lipinski definition) is 5. The van der Waals surface area contributed by atoms with Gasteiger partial charge in [-0.25, -0.2) is 0 Å². The van der Waals surface area contributed by atoms with Gasteiger partial charge in [0.15, 0.2) is 0 Å². The van der Waals surface area contributed by atoms with Gasteiger partial charge in [0.05, 0.1) is 6.04 Å². The predicted molar refractivity (Wildman–Crippen MR) is 107 cm³/mol. The van der Waals surface area contributed by atoms with Crippen molar-refractivity contribution in [1.82, 2.24) is 10.2 Å². The Morgan fingerprint density at radius 1 is 1.35 bits per heavy atom. The van der Waals surface area contributed by atoms with Gasteiger partial charge in [0, 0.05) is 35.2 Å². The van der Waals surface area contributed by atoms with Crippen molar-refractivity contribution in [3.63, 3.8) is 0 Å². The van der Waals surface area contributed by atoms with Gasteiger partial charge in [-0.3, -0.25) is 14.5 Å². The van der Waals surface area contributed by atoms with E-state index in [0.29, 0.717) is 24.9 Å². The molecule has 5 nitrogen and oxygen atoms in total. The topological polar surface area (TPSA) is 66.5 Å². The largest absolute Gasteiger partial charge is 0.359 e. The van der Waals surface area contributed by atoms with Crippen LogP contribution in [0.2, 0.25) is 0 Å². The predicted octanol–water partition coefficient (Wildman–Crippen LogP) is 3.31. The molecule has 1 aromatic rings. The molecule has 0 aliphatic carbocycles. The Morgan fingerprint density at radius 3 is 2.58 bits per heavy atom. The van der Waals surface area contributed by atoms with E-state index in [-0.39, 0.29) is 16.7 Å². The van der Waals surface area contributed by atoms with Gasteiger partial charge in [0.2, 0.25) is 5.91 Å². The average Bonchev–Trinajstić information content (AvgIpc) is 2.63. The summed E-state index contributed by atoms with van der Waals surface area (Å²) in [5, 5.41) is 2.57. The zero-order valence-corrected chi connectivity index (χ0v) is 17.2. The van der Waals surface area contributed by atoms with Gasteiger partial charge in [0.25, 0.3) is 0 Å². The van der Waals surface area contributed by atoms with Crippen molar-refractivity contribution in [3.05, 3.63) is 29.3 Å². The minimum Gasteiger partial charge on any atom is -0.359 e. The van der Waals surface area contributed by atoms with Gasteiger partial charge < -0.3 is 10.1 Å². The highest BCUT2D eigenvalue weighted by Gasteiger charge is 2.22. The SMILES string of the molecule is CCC(C)(C)Sc1cccc(C=O)c1CN(C)C(C=O)CCC(=O)NC. The molecule has 1 rings (SSSR count). The molecule has 0 saturated heterocycles. The average molecular weight is 379 g/mol. The summed E-state index contributed by atoms with van der Waals surface area (Å²) in [7, 11) is 3.44. The lowest BCUT2D eigenvalue weighted by molar-refractivity contribution is -0.121. The molecule has 0 saturated carbocycles. The van der Waals surface area contributed by atoms with Crippen LogP contribution in [-0.2, 0) is 16.1 Å². The second-order valence-electron chi connectivity index (χ2n) is 6.99. The zero-order valence-electron chi connectivity index (χ0n) is 16.4. The minimum absolute atomic E-state index is 0.0537. The van der Waals surface area contributed by atoms with E-state index in [2.05, 4.69) is 26.1 Å². The van der Waals surface area contributed by atoms with Crippen molar-refractivity contribution >= 4 is 30.2 Å². The molecule has 1 aromatic carbocycles. The van der Waals surface area contributed by atoms with Crippen LogP contribution >= 0.6 is 11.8 Å². The van der Waals surface area contributed by atoms with Crippen LogP contribution in [0, 0.1) is 0 Å². The first-order valence-corrected chi connectivity index (χ1v) is 9.71. The lowest BCUT2D eigenvalue weighted by Gasteiger charge is -2.28. The number of thioether (sulfide) groups is 1. The van der Waals surface area contributed by atoms with Gasteiger partial charge >= 0.3 is 0 Å². The third-order valence-electron chi connectivity index (χ3n) is 4.61. The van der Waals surface area contributed by atoms with E-state index in [1.165, 1.54) is 0 Å². The fourth-order valence-electron chi connectivity index (χ4n) is 2.49. The molecule has 1 atom stereocenters. The van der Waals surface area contributed by atoms with Crippen LogP contribution in [0.3, 0.4) is 0 Å². The van der Waals surface area contributed by atoms with Gasteiger partial charge in [0.1, 0.15) is 12.6 Å². The van der Waals surface area contributed by atoms with Crippen molar-refractivity contribution in [2.45, 2.75) is 62.3 Å². The number of nitrogens with one attached hydrogen (secondary N) is 1. The normalized spacial score (nSPS) is 12.7. The molecule has 0 heterocycles. The first kappa shape index (κ1) is 22.4. The lowest BCUT2D eigenvalue weighted by atomic mass is 10.1. The first-order valence-electron chi connectivity index (χ1n) is 8.90. The van der Waals surface area contributed by atoms with E-state index in [4.69, 9.17) is 0 Å². The zero-order chi connectivity index (χ0) is 19.7. The van der Waals surface area contributed by atoms with Gasteiger partial charge in [-0.05, 0) is 31.5 Å². The Kier molecular flexibility index (Phi) is 9.02. The number of nitrogens with zero attached hydrogens (tertiary/aromatic N) is 1. The monoisotopic (exact) mass is 378 g/mol. The van der Waals surface area contributed by atoms with E-state index in [1.807, 2.05) is 24.1 Å². The smallest absolute Gasteiger partial charge is 0.219 e. The summed E-state index contributed by atoms with van der Waals surface area (Å²) in [6.45, 7) is 6.98. The molecule has 26 heavy (non-hydrogen) atoms. The maximum absolute atomic E-state index is 11.5. The molecule has 0 radical (unpaired) electrons. The Labute approximate surface area is 160 Å². The summed E-state index contributed by atoms with van der Waals surface area (Å²) in [6, 6.07) is 5.35. The van der Waals surface area contributed by atoms with Crippen LogP contribution in [0.25, 0.3) is 0 Å². The van der Waals surface area contributed by atoms with Crippen LogP contribution in [0.1, 0.15) is 56.0 Å². The van der Waals surface area contributed by atoms with Crippen molar-refractivity contribution in [2.75, 3.05) is 14.1 Å². The highest BCUT2D eigenvalue weighted by molar-refractivity contribution is 8.00. The number of aldehydes is 2. The molecule has 0 bridgehead atoms. The van der Waals surface area contributed by atoms with Crippen LogP contribution < -0.4 is 5.32 Å². The molecule has 1 unspecified atom stereocenters. The molecule has 0 aliphatic rings. The number of amides is 1. The van der Waals surface area contributed by atoms with Crippen LogP contribution in [0.4, 0.5) is 0 Å². The highest BCUT2D eigenvalue weighted by Crippen LogP contribution is 2.38. The number of likely N-dealkylation sites (N-methyl/N-ethyl adjacent to an activating group) is 1. The van der Waals surface area contributed by atoms with Crippen LogP contribution in [0.15, 0.2) is 23.1 Å². The maximum atomic E-state index is 11.5. The fourth-order valence-corrected chi connectivity index (χ4v) is 3.68. The Hall–Kier alpha value is -1.66. The molecular formula is C20H30N2O3S. The second-order valence-corrected chi connectivity index (χ2v) is 8.74. The highest BCUT2D eigenvalue weighted by atomic mass is 32.2.